The van der Waals surface area contributed by atoms with Gasteiger partial charge in [0.1, 0.15) is 0 Å². The molecule has 0 amide bonds. The monoisotopic (exact) mass is 256 g/mol. The van der Waals surface area contributed by atoms with E-state index in [0.717, 1.165) is 17.1 Å². The van der Waals surface area contributed by atoms with E-state index in [1.54, 1.807) is 25.3 Å². The molecule has 0 aliphatic carbocycles. The molecule has 0 spiro atoms. The summed E-state index contributed by atoms with van der Waals surface area (Å²) >= 11 is 0. The van der Waals surface area contributed by atoms with Crippen molar-refractivity contribution < 1.29 is 9.53 Å². The Morgan fingerprint density at radius 1 is 1.21 bits per heavy atom. The van der Waals surface area contributed by atoms with Crippen molar-refractivity contribution in [1.29, 1.82) is 0 Å². The Kier molecular flexibility index (Phi) is 4.13. The fraction of sp³-hybridized carbons (Fsp3) is 0.200. The van der Waals surface area contributed by atoms with Crippen molar-refractivity contribution in [1.82, 2.24) is 4.98 Å². The SMILES string of the molecule is CCOC(=O)c1ccc(Nc2ccnc(C)c2)cc1. The van der Waals surface area contributed by atoms with Crippen LogP contribution >= 0.6 is 0 Å². The van der Waals surface area contributed by atoms with Crippen molar-refractivity contribution in [3.8, 4) is 0 Å². The van der Waals surface area contributed by atoms with Gasteiger partial charge in [0.15, 0.2) is 0 Å². The van der Waals surface area contributed by atoms with Crippen molar-refractivity contribution in [2.45, 2.75) is 13.8 Å². The van der Waals surface area contributed by atoms with Gasteiger partial charge in [0.2, 0.25) is 0 Å². The van der Waals surface area contributed by atoms with Crippen LogP contribution in [0.3, 0.4) is 0 Å². The second-order valence-electron chi connectivity index (χ2n) is 4.11. The Morgan fingerprint density at radius 3 is 2.58 bits per heavy atom. The molecule has 0 bridgehead atoms. The number of nitrogens with zero attached hydrogens (tertiary/aromatic N) is 1. The Bertz CT molecular complexity index is 565. The van der Waals surface area contributed by atoms with Crippen LogP contribution in [0.25, 0.3) is 0 Å². The van der Waals surface area contributed by atoms with E-state index in [4.69, 9.17) is 4.74 Å². The second kappa shape index (κ2) is 6.00. The number of carbonyl (C=O) groups is 1. The quantitative estimate of drug-likeness (QED) is 0.853. The van der Waals surface area contributed by atoms with E-state index in [1.807, 2.05) is 31.2 Å². The molecule has 19 heavy (non-hydrogen) atoms. The molecule has 98 valence electrons. The molecule has 0 aliphatic rings. The molecular weight excluding hydrogens is 240 g/mol. The van der Waals surface area contributed by atoms with Crippen LogP contribution in [0.4, 0.5) is 11.4 Å². The van der Waals surface area contributed by atoms with Gasteiger partial charge < -0.3 is 10.1 Å². The molecule has 1 aromatic carbocycles. The normalized spacial score (nSPS) is 10.0. The maximum atomic E-state index is 11.5. The standard InChI is InChI=1S/C15H16N2O2/c1-3-19-15(18)12-4-6-13(7-5-12)17-14-8-9-16-11(2)10-14/h4-10H,3H2,1-2H3,(H,16,17). The Morgan fingerprint density at radius 2 is 1.95 bits per heavy atom. The van der Waals surface area contributed by atoms with Crippen molar-refractivity contribution in [3.63, 3.8) is 0 Å². The van der Waals surface area contributed by atoms with Gasteiger partial charge in [-0.25, -0.2) is 4.79 Å². The van der Waals surface area contributed by atoms with Crippen molar-refractivity contribution >= 4 is 17.3 Å². The summed E-state index contributed by atoms with van der Waals surface area (Å²) in [6.45, 7) is 4.11. The number of hydrogen-bond acceptors (Lipinski definition) is 4. The van der Waals surface area contributed by atoms with Crippen LogP contribution in [-0.2, 0) is 4.74 Å². The molecule has 0 saturated carbocycles. The summed E-state index contributed by atoms with van der Waals surface area (Å²) in [7, 11) is 0. The number of aromatic nitrogens is 1. The summed E-state index contributed by atoms with van der Waals surface area (Å²) in [5.74, 6) is -0.297. The molecule has 0 aliphatic heterocycles. The fourth-order valence-electron chi connectivity index (χ4n) is 1.69. The average molecular weight is 256 g/mol. The Labute approximate surface area is 112 Å². The number of aryl methyl sites for hydroxylation is 1. The van der Waals surface area contributed by atoms with E-state index in [1.165, 1.54) is 0 Å². The lowest BCUT2D eigenvalue weighted by Crippen LogP contribution is -2.04. The zero-order chi connectivity index (χ0) is 13.7. The van der Waals surface area contributed by atoms with Gasteiger partial charge in [-0.2, -0.15) is 0 Å². The highest BCUT2D eigenvalue weighted by Crippen LogP contribution is 2.17. The fourth-order valence-corrected chi connectivity index (χ4v) is 1.69. The first kappa shape index (κ1) is 13.1. The lowest BCUT2D eigenvalue weighted by Gasteiger charge is -2.07. The second-order valence-corrected chi connectivity index (χ2v) is 4.11. The number of hydrogen-bond donors (Lipinski definition) is 1. The largest absolute Gasteiger partial charge is 0.462 e. The summed E-state index contributed by atoms with van der Waals surface area (Å²) in [5, 5.41) is 3.25. The molecule has 4 nitrogen and oxygen atoms in total. The number of benzene rings is 1. The number of carbonyl (C=O) groups excluding carboxylic acids is 1. The zero-order valence-electron chi connectivity index (χ0n) is 11.0. The van der Waals surface area contributed by atoms with E-state index in [-0.39, 0.29) is 5.97 Å². The van der Waals surface area contributed by atoms with Gasteiger partial charge >= 0.3 is 5.97 Å². The number of pyridine rings is 1. The zero-order valence-corrected chi connectivity index (χ0v) is 11.0. The molecule has 0 unspecified atom stereocenters. The number of nitrogens with one attached hydrogen (secondary N) is 1. The first-order valence-corrected chi connectivity index (χ1v) is 6.16. The number of esters is 1. The number of ether oxygens (including phenoxy) is 1. The summed E-state index contributed by atoms with van der Waals surface area (Å²) in [6.07, 6.45) is 1.75. The highest BCUT2D eigenvalue weighted by atomic mass is 16.5. The third-order valence-electron chi connectivity index (χ3n) is 2.58. The maximum absolute atomic E-state index is 11.5. The third-order valence-corrected chi connectivity index (χ3v) is 2.58. The van der Waals surface area contributed by atoms with Gasteiger partial charge in [0.05, 0.1) is 12.2 Å². The minimum Gasteiger partial charge on any atom is -0.462 e. The molecule has 0 atom stereocenters. The van der Waals surface area contributed by atoms with E-state index in [9.17, 15) is 4.79 Å². The molecule has 2 rings (SSSR count). The van der Waals surface area contributed by atoms with Crippen LogP contribution in [0, 0.1) is 6.92 Å². The molecule has 0 fully saturated rings. The van der Waals surface area contributed by atoms with E-state index < -0.39 is 0 Å². The van der Waals surface area contributed by atoms with E-state index in [0.29, 0.717) is 12.2 Å². The van der Waals surface area contributed by atoms with Crippen molar-refractivity contribution in [3.05, 3.63) is 53.9 Å². The van der Waals surface area contributed by atoms with Crippen LogP contribution in [0.1, 0.15) is 23.0 Å². The molecular formula is C15H16N2O2. The minimum absolute atomic E-state index is 0.297. The summed E-state index contributed by atoms with van der Waals surface area (Å²) in [5.41, 5.74) is 3.39. The molecule has 1 N–H and O–H groups in total. The van der Waals surface area contributed by atoms with Crippen LogP contribution in [0.5, 0.6) is 0 Å². The highest BCUT2D eigenvalue weighted by molar-refractivity contribution is 5.89. The Hall–Kier alpha value is -2.36. The topological polar surface area (TPSA) is 51.2 Å². The molecule has 4 heteroatoms. The first-order chi connectivity index (χ1) is 9.19. The van der Waals surface area contributed by atoms with Gasteiger partial charge in [-0.1, -0.05) is 0 Å². The Balaban J connectivity index is 2.08. The third kappa shape index (κ3) is 3.55. The maximum Gasteiger partial charge on any atom is 0.338 e. The lowest BCUT2D eigenvalue weighted by molar-refractivity contribution is 0.0526. The van der Waals surface area contributed by atoms with Crippen LogP contribution in [-0.4, -0.2) is 17.6 Å². The average Bonchev–Trinajstić information content (AvgIpc) is 2.40. The summed E-state index contributed by atoms with van der Waals surface area (Å²) in [6, 6.07) is 11.0. The van der Waals surface area contributed by atoms with Gasteiger partial charge in [-0.3, -0.25) is 4.98 Å². The smallest absolute Gasteiger partial charge is 0.338 e. The molecule has 1 aromatic heterocycles. The summed E-state index contributed by atoms with van der Waals surface area (Å²) in [4.78, 5) is 15.6. The van der Waals surface area contributed by atoms with Crippen LogP contribution in [0.15, 0.2) is 42.6 Å². The van der Waals surface area contributed by atoms with Gasteiger partial charge in [-0.15, -0.1) is 0 Å². The number of anilines is 2. The van der Waals surface area contributed by atoms with Gasteiger partial charge in [0.25, 0.3) is 0 Å². The first-order valence-electron chi connectivity index (χ1n) is 6.16. The predicted molar refractivity (Wildman–Crippen MR) is 74.7 cm³/mol. The highest BCUT2D eigenvalue weighted by Gasteiger charge is 2.05. The minimum atomic E-state index is -0.297. The molecule has 1 heterocycles. The van der Waals surface area contributed by atoms with Crippen LogP contribution < -0.4 is 5.32 Å². The molecule has 2 aromatic rings. The predicted octanol–water partition coefficient (Wildman–Crippen LogP) is 3.31. The number of rotatable bonds is 4. The van der Waals surface area contributed by atoms with Gasteiger partial charge in [0, 0.05) is 23.3 Å². The lowest BCUT2D eigenvalue weighted by atomic mass is 10.2. The van der Waals surface area contributed by atoms with E-state index in [2.05, 4.69) is 10.3 Å². The molecule has 0 radical (unpaired) electrons. The molecule has 0 saturated heterocycles. The summed E-state index contributed by atoms with van der Waals surface area (Å²) < 4.78 is 4.93. The van der Waals surface area contributed by atoms with Gasteiger partial charge in [-0.05, 0) is 50.2 Å². The van der Waals surface area contributed by atoms with Crippen LogP contribution in [0.2, 0.25) is 0 Å². The van der Waals surface area contributed by atoms with Crippen molar-refractivity contribution in [2.75, 3.05) is 11.9 Å². The van der Waals surface area contributed by atoms with Crippen molar-refractivity contribution in [2.24, 2.45) is 0 Å². The van der Waals surface area contributed by atoms with E-state index >= 15 is 0 Å².